The molecule has 122 valence electrons. The first-order chi connectivity index (χ1) is 10.1. The molecule has 0 bridgehead atoms. The van der Waals surface area contributed by atoms with Crippen LogP contribution in [0.5, 0.6) is 0 Å². The van der Waals surface area contributed by atoms with Crippen LogP contribution in [0, 0.1) is 0 Å². The third kappa shape index (κ3) is 6.88. The normalized spacial score (nSPS) is 22.8. The molecule has 7 nitrogen and oxygen atoms in total. The van der Waals surface area contributed by atoms with E-state index in [1.54, 1.807) is 6.92 Å². The maximum absolute atomic E-state index is 11.8. The van der Waals surface area contributed by atoms with Crippen molar-refractivity contribution in [2.24, 2.45) is 0 Å². The van der Waals surface area contributed by atoms with Gasteiger partial charge in [-0.05, 0) is 20.3 Å². The summed E-state index contributed by atoms with van der Waals surface area (Å²) in [6.07, 6.45) is 0.662. The van der Waals surface area contributed by atoms with Crippen LogP contribution < -0.4 is 5.32 Å². The van der Waals surface area contributed by atoms with Gasteiger partial charge in [-0.15, -0.1) is 0 Å². The number of hydrogen-bond donors (Lipinski definition) is 2. The number of rotatable bonds is 8. The van der Waals surface area contributed by atoms with Crippen LogP contribution in [-0.2, 0) is 19.1 Å². The van der Waals surface area contributed by atoms with Gasteiger partial charge in [0.2, 0.25) is 5.91 Å². The topological polar surface area (TPSA) is 88.1 Å². The van der Waals surface area contributed by atoms with Gasteiger partial charge in [0.25, 0.3) is 0 Å². The summed E-state index contributed by atoms with van der Waals surface area (Å²) in [6.45, 7) is 5.90. The third-order valence-corrected chi connectivity index (χ3v) is 3.37. The third-order valence-electron chi connectivity index (χ3n) is 3.37. The summed E-state index contributed by atoms with van der Waals surface area (Å²) < 4.78 is 10.2. The molecule has 1 saturated heterocycles. The van der Waals surface area contributed by atoms with Crippen LogP contribution in [0.25, 0.3) is 0 Å². The van der Waals surface area contributed by atoms with Crippen molar-refractivity contribution in [2.45, 2.75) is 38.8 Å². The number of esters is 1. The van der Waals surface area contributed by atoms with Crippen molar-refractivity contribution in [3.05, 3.63) is 0 Å². The van der Waals surface area contributed by atoms with E-state index >= 15 is 0 Å². The number of amides is 1. The molecule has 0 aromatic carbocycles. The van der Waals surface area contributed by atoms with Gasteiger partial charge in [-0.3, -0.25) is 14.5 Å². The molecule has 0 aromatic rings. The summed E-state index contributed by atoms with van der Waals surface area (Å²) in [5.41, 5.74) is 0. The Morgan fingerprint density at radius 3 is 2.90 bits per heavy atom. The molecule has 0 spiro atoms. The number of carbonyl (C=O) groups excluding carboxylic acids is 2. The first kappa shape index (κ1) is 17.9. The number of nitrogens with one attached hydrogen (secondary N) is 1. The highest BCUT2D eigenvalue weighted by molar-refractivity contribution is 5.78. The van der Waals surface area contributed by atoms with Gasteiger partial charge >= 0.3 is 5.97 Å². The van der Waals surface area contributed by atoms with Crippen molar-refractivity contribution in [1.82, 2.24) is 10.2 Å². The quantitative estimate of drug-likeness (QED) is 0.465. The summed E-state index contributed by atoms with van der Waals surface area (Å²) in [4.78, 5) is 25.0. The smallest absolute Gasteiger partial charge is 0.305 e. The molecule has 2 atom stereocenters. The molecular formula is C14H26N2O5. The number of ether oxygens (including phenoxy) is 2. The van der Waals surface area contributed by atoms with E-state index in [2.05, 4.69) is 5.32 Å². The second-order valence-corrected chi connectivity index (χ2v) is 5.17. The molecule has 0 aliphatic carbocycles. The molecule has 21 heavy (non-hydrogen) atoms. The number of nitrogens with zero attached hydrogens (tertiary/aromatic N) is 1. The SMILES string of the molecule is CCOC(=O)CCCNC(=O)CN1CC(CO)OCC1C. The van der Waals surface area contributed by atoms with E-state index in [1.807, 2.05) is 11.8 Å². The zero-order valence-electron chi connectivity index (χ0n) is 12.8. The highest BCUT2D eigenvalue weighted by atomic mass is 16.5. The van der Waals surface area contributed by atoms with Crippen LogP contribution in [-0.4, -0.2) is 73.5 Å². The molecule has 1 amide bonds. The molecule has 2 unspecified atom stereocenters. The van der Waals surface area contributed by atoms with E-state index in [0.29, 0.717) is 39.1 Å². The Morgan fingerprint density at radius 1 is 1.48 bits per heavy atom. The van der Waals surface area contributed by atoms with Crippen LogP contribution in [0.4, 0.5) is 0 Å². The van der Waals surface area contributed by atoms with E-state index in [1.165, 1.54) is 0 Å². The molecule has 7 heteroatoms. The summed E-state index contributed by atoms with van der Waals surface area (Å²) in [7, 11) is 0. The van der Waals surface area contributed by atoms with Gasteiger partial charge in [0.05, 0.1) is 32.5 Å². The highest BCUT2D eigenvalue weighted by Crippen LogP contribution is 2.10. The van der Waals surface area contributed by atoms with E-state index in [4.69, 9.17) is 14.6 Å². The van der Waals surface area contributed by atoms with Gasteiger partial charge in [-0.2, -0.15) is 0 Å². The van der Waals surface area contributed by atoms with Gasteiger partial charge < -0.3 is 19.9 Å². The van der Waals surface area contributed by atoms with E-state index in [-0.39, 0.29) is 37.2 Å². The van der Waals surface area contributed by atoms with Gasteiger partial charge in [-0.1, -0.05) is 0 Å². The van der Waals surface area contributed by atoms with Gasteiger partial charge in [0, 0.05) is 25.6 Å². The van der Waals surface area contributed by atoms with Gasteiger partial charge in [0.1, 0.15) is 0 Å². The molecule has 1 rings (SSSR count). The van der Waals surface area contributed by atoms with Crippen LogP contribution in [0.2, 0.25) is 0 Å². The lowest BCUT2D eigenvalue weighted by Gasteiger charge is -2.36. The molecule has 1 heterocycles. The minimum atomic E-state index is -0.237. The van der Waals surface area contributed by atoms with Crippen molar-refractivity contribution in [3.63, 3.8) is 0 Å². The average Bonchev–Trinajstić information content (AvgIpc) is 2.46. The van der Waals surface area contributed by atoms with E-state index in [0.717, 1.165) is 0 Å². The van der Waals surface area contributed by atoms with Crippen molar-refractivity contribution >= 4 is 11.9 Å². The molecule has 0 aromatic heterocycles. The van der Waals surface area contributed by atoms with E-state index < -0.39 is 0 Å². The molecular weight excluding hydrogens is 276 g/mol. The molecule has 1 aliphatic rings. The predicted octanol–water partition coefficient (Wildman–Crippen LogP) is -0.472. The Kier molecular flexibility index (Phi) is 8.26. The molecule has 0 radical (unpaired) electrons. The Hall–Kier alpha value is -1.18. The van der Waals surface area contributed by atoms with Crippen LogP contribution >= 0.6 is 0 Å². The molecule has 1 aliphatic heterocycles. The first-order valence-electron chi connectivity index (χ1n) is 7.45. The lowest BCUT2D eigenvalue weighted by atomic mass is 10.2. The average molecular weight is 302 g/mol. The summed E-state index contributed by atoms with van der Waals surface area (Å²) in [5, 5.41) is 11.9. The van der Waals surface area contributed by atoms with Crippen molar-refractivity contribution < 1.29 is 24.2 Å². The zero-order valence-corrected chi connectivity index (χ0v) is 12.8. The summed E-state index contributed by atoms with van der Waals surface area (Å²) in [5.74, 6) is -0.316. The van der Waals surface area contributed by atoms with Crippen molar-refractivity contribution in [3.8, 4) is 0 Å². The Bertz CT molecular complexity index is 337. The summed E-state index contributed by atoms with van der Waals surface area (Å²) >= 11 is 0. The monoisotopic (exact) mass is 302 g/mol. The van der Waals surface area contributed by atoms with Crippen LogP contribution in [0.15, 0.2) is 0 Å². The van der Waals surface area contributed by atoms with Gasteiger partial charge in [-0.25, -0.2) is 0 Å². The minimum absolute atomic E-state index is 0.0373. The fraction of sp³-hybridized carbons (Fsp3) is 0.857. The van der Waals surface area contributed by atoms with Crippen molar-refractivity contribution in [2.75, 3.05) is 39.5 Å². The number of morpholine rings is 1. The molecule has 2 N–H and O–H groups in total. The summed E-state index contributed by atoms with van der Waals surface area (Å²) in [6, 6.07) is 0.151. The Balaban J connectivity index is 2.19. The maximum atomic E-state index is 11.8. The van der Waals surface area contributed by atoms with Gasteiger partial charge in [0.15, 0.2) is 0 Å². The van der Waals surface area contributed by atoms with Crippen LogP contribution in [0.1, 0.15) is 26.7 Å². The standard InChI is InChI=1S/C14H26N2O5/c1-3-20-14(19)5-4-6-15-13(18)8-16-7-12(9-17)21-10-11(16)2/h11-12,17H,3-10H2,1-2H3,(H,15,18). The van der Waals surface area contributed by atoms with Crippen LogP contribution in [0.3, 0.4) is 0 Å². The largest absolute Gasteiger partial charge is 0.466 e. The molecule has 1 fully saturated rings. The van der Waals surface area contributed by atoms with Crippen molar-refractivity contribution in [1.29, 1.82) is 0 Å². The Labute approximate surface area is 125 Å². The number of aliphatic hydroxyl groups excluding tert-OH is 1. The fourth-order valence-electron chi connectivity index (χ4n) is 2.14. The second-order valence-electron chi connectivity index (χ2n) is 5.17. The minimum Gasteiger partial charge on any atom is -0.466 e. The number of aliphatic hydroxyl groups is 1. The number of hydrogen-bond acceptors (Lipinski definition) is 6. The van der Waals surface area contributed by atoms with E-state index in [9.17, 15) is 9.59 Å². The second kappa shape index (κ2) is 9.70. The Morgan fingerprint density at radius 2 is 2.24 bits per heavy atom. The fourth-order valence-corrected chi connectivity index (χ4v) is 2.14. The zero-order chi connectivity index (χ0) is 15.7. The first-order valence-corrected chi connectivity index (χ1v) is 7.45. The highest BCUT2D eigenvalue weighted by Gasteiger charge is 2.26. The number of carbonyl (C=O) groups is 2. The maximum Gasteiger partial charge on any atom is 0.305 e. The predicted molar refractivity (Wildman–Crippen MR) is 76.7 cm³/mol. The lowest BCUT2D eigenvalue weighted by molar-refractivity contribution is -0.143. The lowest BCUT2D eigenvalue weighted by Crippen LogP contribution is -2.52. The molecule has 0 saturated carbocycles.